The maximum Gasteiger partial charge on any atom is 0.311 e. The lowest BCUT2D eigenvalue weighted by atomic mass is 10.0. The number of carbonyl (C=O) groups excluding carboxylic acids is 1. The van der Waals surface area contributed by atoms with Crippen LogP contribution in [0.4, 0.5) is 22.0 Å². The Morgan fingerprint density at radius 2 is 1.62 bits per heavy atom. The highest BCUT2D eigenvalue weighted by atomic mass is 32.2. The Labute approximate surface area is 94.8 Å². The lowest BCUT2D eigenvalue weighted by Crippen LogP contribution is -2.41. The number of alkyl halides is 5. The first-order valence-corrected chi connectivity index (χ1v) is 5.66. The zero-order valence-electron chi connectivity index (χ0n) is 8.74. The van der Waals surface area contributed by atoms with Gasteiger partial charge in [-0.25, -0.2) is 0 Å². The molecular formula is C9H13F5OS. The van der Waals surface area contributed by atoms with Gasteiger partial charge in [0.1, 0.15) is 0 Å². The Kier molecular flexibility index (Phi) is 6.28. The average Bonchev–Trinajstić information content (AvgIpc) is 2.13. The van der Waals surface area contributed by atoms with Crippen LogP contribution in [0.1, 0.15) is 26.2 Å². The molecule has 0 radical (unpaired) electrons. The molecular weight excluding hydrogens is 251 g/mol. The van der Waals surface area contributed by atoms with Crippen LogP contribution in [0.2, 0.25) is 0 Å². The summed E-state index contributed by atoms with van der Waals surface area (Å²) in [5.41, 5.74) is 0. The summed E-state index contributed by atoms with van der Waals surface area (Å²) < 4.78 is 63.4. The average molecular weight is 264 g/mol. The topological polar surface area (TPSA) is 17.1 Å². The largest absolute Gasteiger partial charge is 0.311 e. The van der Waals surface area contributed by atoms with E-state index in [0.29, 0.717) is 11.8 Å². The van der Waals surface area contributed by atoms with Crippen LogP contribution in [0.25, 0.3) is 0 Å². The van der Waals surface area contributed by atoms with Gasteiger partial charge < -0.3 is 0 Å². The van der Waals surface area contributed by atoms with E-state index in [1.165, 1.54) is 6.92 Å². The standard InChI is InChI=1S/C9H13F5OS/c1-7(15)16-6-4-9(13,14)8(11,12)3-2-5-10/h2-6H2,1H3. The van der Waals surface area contributed by atoms with Crippen molar-refractivity contribution >= 4 is 16.9 Å². The van der Waals surface area contributed by atoms with Crippen molar-refractivity contribution < 1.29 is 26.7 Å². The van der Waals surface area contributed by atoms with E-state index in [1.807, 2.05) is 0 Å². The summed E-state index contributed by atoms with van der Waals surface area (Å²) in [7, 11) is 0. The number of thioether (sulfide) groups is 1. The number of halogens is 5. The van der Waals surface area contributed by atoms with Crippen molar-refractivity contribution in [3.05, 3.63) is 0 Å². The number of carbonyl (C=O) groups is 1. The predicted molar refractivity (Wildman–Crippen MR) is 52.9 cm³/mol. The molecule has 0 atom stereocenters. The molecule has 0 fully saturated rings. The molecule has 7 heteroatoms. The van der Waals surface area contributed by atoms with Gasteiger partial charge in [0.15, 0.2) is 5.12 Å². The highest BCUT2D eigenvalue weighted by molar-refractivity contribution is 8.13. The van der Waals surface area contributed by atoms with E-state index in [1.54, 1.807) is 0 Å². The van der Waals surface area contributed by atoms with Gasteiger partial charge in [0.05, 0.1) is 6.67 Å². The lowest BCUT2D eigenvalue weighted by Gasteiger charge is -2.26. The first kappa shape index (κ1) is 15.7. The van der Waals surface area contributed by atoms with E-state index in [4.69, 9.17) is 0 Å². The van der Waals surface area contributed by atoms with Crippen LogP contribution in [-0.2, 0) is 4.79 Å². The molecule has 0 unspecified atom stereocenters. The third kappa shape index (κ3) is 5.14. The van der Waals surface area contributed by atoms with Crippen LogP contribution in [0.3, 0.4) is 0 Å². The molecule has 0 N–H and O–H groups in total. The van der Waals surface area contributed by atoms with Crippen molar-refractivity contribution in [2.45, 2.75) is 38.0 Å². The molecule has 1 nitrogen and oxygen atoms in total. The molecule has 96 valence electrons. The fraction of sp³-hybridized carbons (Fsp3) is 0.889. The Morgan fingerprint density at radius 1 is 1.12 bits per heavy atom. The smallest absolute Gasteiger partial charge is 0.288 e. The highest BCUT2D eigenvalue weighted by Crippen LogP contribution is 2.40. The summed E-state index contributed by atoms with van der Waals surface area (Å²) in [5.74, 6) is -8.77. The Morgan fingerprint density at radius 3 is 2.06 bits per heavy atom. The van der Waals surface area contributed by atoms with Gasteiger partial charge in [-0.1, -0.05) is 11.8 Å². The molecule has 0 amide bonds. The number of hydrogen-bond acceptors (Lipinski definition) is 2. The normalized spacial score (nSPS) is 12.9. The molecule has 0 saturated carbocycles. The second-order valence-electron chi connectivity index (χ2n) is 3.29. The Balaban J connectivity index is 4.21. The van der Waals surface area contributed by atoms with Gasteiger partial charge in [-0.05, 0) is 6.42 Å². The first-order chi connectivity index (χ1) is 7.23. The minimum atomic E-state index is -4.21. The fourth-order valence-corrected chi connectivity index (χ4v) is 1.62. The molecule has 0 aliphatic carbocycles. The second-order valence-corrected chi connectivity index (χ2v) is 4.56. The van der Waals surface area contributed by atoms with Crippen LogP contribution in [0.15, 0.2) is 0 Å². The molecule has 0 saturated heterocycles. The lowest BCUT2D eigenvalue weighted by molar-refractivity contribution is -0.213. The maximum atomic E-state index is 13.0. The molecule has 0 bridgehead atoms. The second kappa shape index (κ2) is 6.42. The van der Waals surface area contributed by atoms with E-state index in [0.717, 1.165) is 0 Å². The molecule has 0 rings (SSSR count). The minimum Gasteiger partial charge on any atom is -0.288 e. The Hall–Kier alpha value is -0.330. The van der Waals surface area contributed by atoms with E-state index < -0.39 is 42.9 Å². The molecule has 16 heavy (non-hydrogen) atoms. The van der Waals surface area contributed by atoms with Crippen LogP contribution in [0, 0.1) is 0 Å². The van der Waals surface area contributed by atoms with E-state index in [2.05, 4.69) is 0 Å². The van der Waals surface area contributed by atoms with Crippen LogP contribution < -0.4 is 0 Å². The molecule has 0 aliphatic rings. The summed E-state index contributed by atoms with van der Waals surface area (Å²) in [4.78, 5) is 10.4. The van der Waals surface area contributed by atoms with Crippen molar-refractivity contribution in [2.24, 2.45) is 0 Å². The van der Waals surface area contributed by atoms with Gasteiger partial charge in [0, 0.05) is 25.5 Å². The summed E-state index contributed by atoms with van der Waals surface area (Å²) in [6, 6.07) is 0. The van der Waals surface area contributed by atoms with E-state index >= 15 is 0 Å². The zero-order chi connectivity index (χ0) is 12.8. The highest BCUT2D eigenvalue weighted by Gasteiger charge is 2.54. The molecule has 0 heterocycles. The third-order valence-corrected chi connectivity index (χ3v) is 2.70. The number of hydrogen-bond donors (Lipinski definition) is 0. The van der Waals surface area contributed by atoms with E-state index in [-0.39, 0.29) is 5.75 Å². The molecule has 0 aromatic rings. The van der Waals surface area contributed by atoms with Gasteiger partial charge in [-0.3, -0.25) is 9.18 Å². The van der Waals surface area contributed by atoms with Crippen LogP contribution >= 0.6 is 11.8 Å². The summed E-state index contributed by atoms with van der Waals surface area (Å²) in [6.07, 6.45) is -2.86. The maximum absolute atomic E-state index is 13.0. The summed E-state index contributed by atoms with van der Waals surface area (Å²) in [5, 5.41) is -0.400. The van der Waals surface area contributed by atoms with Crippen molar-refractivity contribution in [2.75, 3.05) is 12.4 Å². The third-order valence-electron chi connectivity index (χ3n) is 1.88. The molecule has 0 aliphatic heterocycles. The predicted octanol–water partition coefficient (Wildman–Crippen LogP) is 3.68. The molecule has 0 spiro atoms. The van der Waals surface area contributed by atoms with Gasteiger partial charge in [0.2, 0.25) is 0 Å². The van der Waals surface area contributed by atoms with Crippen LogP contribution in [-0.4, -0.2) is 29.4 Å². The van der Waals surface area contributed by atoms with Crippen molar-refractivity contribution in [1.29, 1.82) is 0 Å². The van der Waals surface area contributed by atoms with Gasteiger partial charge in [0.25, 0.3) is 0 Å². The van der Waals surface area contributed by atoms with Gasteiger partial charge >= 0.3 is 11.8 Å². The van der Waals surface area contributed by atoms with Crippen molar-refractivity contribution in [3.63, 3.8) is 0 Å². The monoisotopic (exact) mass is 264 g/mol. The quantitative estimate of drug-likeness (QED) is 0.652. The minimum absolute atomic E-state index is 0.368. The summed E-state index contributed by atoms with van der Waals surface area (Å²) in [6.45, 7) is 0.123. The van der Waals surface area contributed by atoms with E-state index in [9.17, 15) is 26.7 Å². The van der Waals surface area contributed by atoms with Gasteiger partial charge in [-0.2, -0.15) is 17.6 Å². The Bertz CT molecular complexity index is 232. The summed E-state index contributed by atoms with van der Waals surface area (Å²) >= 11 is 0.572. The zero-order valence-corrected chi connectivity index (χ0v) is 9.56. The van der Waals surface area contributed by atoms with Crippen LogP contribution in [0.5, 0.6) is 0 Å². The van der Waals surface area contributed by atoms with Crippen molar-refractivity contribution in [1.82, 2.24) is 0 Å². The fourth-order valence-electron chi connectivity index (χ4n) is 0.978. The molecule has 0 aromatic carbocycles. The first-order valence-electron chi connectivity index (χ1n) is 4.68. The van der Waals surface area contributed by atoms with Crippen molar-refractivity contribution in [3.8, 4) is 0 Å². The number of rotatable bonds is 7. The molecule has 0 aromatic heterocycles. The van der Waals surface area contributed by atoms with Gasteiger partial charge in [-0.15, -0.1) is 0 Å². The SMILES string of the molecule is CC(=O)SCCC(F)(F)C(F)(F)CCCF.